The largest absolute Gasteiger partial charge is 0.481 e. The van der Waals surface area contributed by atoms with Gasteiger partial charge in [0, 0.05) is 6.04 Å². The van der Waals surface area contributed by atoms with Gasteiger partial charge in [0.05, 0.1) is 0 Å². The first-order valence-electron chi connectivity index (χ1n) is 7.01. The molecule has 0 fully saturated rings. The molecule has 1 N–H and O–H groups in total. The second kappa shape index (κ2) is 7.17. The first-order chi connectivity index (χ1) is 8.95. The van der Waals surface area contributed by atoms with E-state index in [-0.39, 0.29) is 11.9 Å². The molecule has 0 aliphatic heterocycles. The molecule has 0 bridgehead atoms. The third-order valence-corrected chi connectivity index (χ3v) is 3.22. The van der Waals surface area contributed by atoms with Crippen molar-refractivity contribution in [1.29, 1.82) is 0 Å². The van der Waals surface area contributed by atoms with E-state index in [9.17, 15) is 4.79 Å². The van der Waals surface area contributed by atoms with E-state index in [2.05, 4.69) is 19.2 Å². The van der Waals surface area contributed by atoms with Crippen LogP contribution in [-0.2, 0) is 4.79 Å². The minimum absolute atomic E-state index is 0.0621. The van der Waals surface area contributed by atoms with Crippen molar-refractivity contribution < 1.29 is 9.53 Å². The minimum atomic E-state index is -0.478. The molecule has 0 saturated heterocycles. The van der Waals surface area contributed by atoms with Crippen LogP contribution in [-0.4, -0.2) is 18.1 Å². The molecule has 1 aromatic carbocycles. The zero-order valence-electron chi connectivity index (χ0n) is 12.6. The SMILES string of the molecule is CC[C@@H](C)NC(=O)[C@H](C)Oc1ccccc1C(C)C. The summed E-state index contributed by atoms with van der Waals surface area (Å²) in [6.07, 6.45) is 0.440. The van der Waals surface area contributed by atoms with Gasteiger partial charge in [0.2, 0.25) is 0 Å². The van der Waals surface area contributed by atoms with Crippen molar-refractivity contribution in [3.63, 3.8) is 0 Å². The van der Waals surface area contributed by atoms with Crippen molar-refractivity contribution in [3.8, 4) is 5.75 Å². The summed E-state index contributed by atoms with van der Waals surface area (Å²) in [7, 11) is 0. The molecule has 0 spiro atoms. The van der Waals surface area contributed by atoms with Gasteiger partial charge in [-0.15, -0.1) is 0 Å². The number of ether oxygens (including phenoxy) is 1. The molecular weight excluding hydrogens is 238 g/mol. The van der Waals surface area contributed by atoms with Crippen molar-refractivity contribution in [3.05, 3.63) is 29.8 Å². The minimum Gasteiger partial charge on any atom is -0.481 e. The monoisotopic (exact) mass is 263 g/mol. The number of hydrogen-bond donors (Lipinski definition) is 1. The smallest absolute Gasteiger partial charge is 0.260 e. The topological polar surface area (TPSA) is 38.3 Å². The molecule has 3 nitrogen and oxygen atoms in total. The van der Waals surface area contributed by atoms with E-state index in [1.165, 1.54) is 0 Å². The Labute approximate surface area is 116 Å². The Morgan fingerprint density at radius 3 is 2.42 bits per heavy atom. The Morgan fingerprint density at radius 2 is 1.84 bits per heavy atom. The van der Waals surface area contributed by atoms with Gasteiger partial charge < -0.3 is 10.1 Å². The van der Waals surface area contributed by atoms with E-state index < -0.39 is 6.10 Å². The third kappa shape index (κ3) is 4.58. The van der Waals surface area contributed by atoms with Gasteiger partial charge in [-0.2, -0.15) is 0 Å². The molecular formula is C16H25NO2. The zero-order valence-corrected chi connectivity index (χ0v) is 12.6. The predicted molar refractivity (Wildman–Crippen MR) is 78.5 cm³/mol. The molecule has 0 aromatic heterocycles. The molecule has 1 aromatic rings. The summed E-state index contributed by atoms with van der Waals surface area (Å²) < 4.78 is 5.80. The molecule has 2 atom stereocenters. The quantitative estimate of drug-likeness (QED) is 0.853. The number of rotatable bonds is 6. The van der Waals surface area contributed by atoms with Crippen LogP contribution in [0, 0.1) is 0 Å². The summed E-state index contributed by atoms with van der Waals surface area (Å²) in [5.74, 6) is 1.11. The molecule has 3 heteroatoms. The van der Waals surface area contributed by atoms with Crippen molar-refractivity contribution in [2.45, 2.75) is 59.1 Å². The van der Waals surface area contributed by atoms with E-state index in [4.69, 9.17) is 4.74 Å². The van der Waals surface area contributed by atoms with Crippen LogP contribution in [0.5, 0.6) is 5.75 Å². The number of amides is 1. The molecule has 1 amide bonds. The van der Waals surface area contributed by atoms with E-state index >= 15 is 0 Å². The van der Waals surface area contributed by atoms with E-state index in [0.29, 0.717) is 5.92 Å². The first kappa shape index (κ1) is 15.5. The van der Waals surface area contributed by atoms with Gasteiger partial charge in [-0.1, -0.05) is 39.0 Å². The van der Waals surface area contributed by atoms with Gasteiger partial charge in [0.1, 0.15) is 5.75 Å². The standard InChI is InChI=1S/C16H25NO2/c1-6-12(4)17-16(18)13(5)19-15-10-8-7-9-14(15)11(2)3/h7-13H,6H2,1-5H3,(H,17,18)/t12-,13+/m1/s1. The Bertz CT molecular complexity index is 415. The fraction of sp³-hybridized carbons (Fsp3) is 0.562. The molecule has 1 rings (SSSR count). The first-order valence-corrected chi connectivity index (χ1v) is 7.01. The van der Waals surface area contributed by atoms with Crippen LogP contribution in [0.1, 0.15) is 52.5 Å². The maximum absolute atomic E-state index is 12.0. The summed E-state index contributed by atoms with van der Waals surface area (Å²) in [6, 6.07) is 8.06. The lowest BCUT2D eigenvalue weighted by Gasteiger charge is -2.20. The lowest BCUT2D eigenvalue weighted by atomic mass is 10.0. The lowest BCUT2D eigenvalue weighted by molar-refractivity contribution is -0.127. The second-order valence-corrected chi connectivity index (χ2v) is 5.27. The molecule has 0 aliphatic carbocycles. The number of para-hydroxylation sites is 1. The highest BCUT2D eigenvalue weighted by Crippen LogP contribution is 2.26. The summed E-state index contributed by atoms with van der Waals surface area (Å²) in [4.78, 5) is 12.0. The van der Waals surface area contributed by atoms with Crippen molar-refractivity contribution in [1.82, 2.24) is 5.32 Å². The Kier molecular flexibility index (Phi) is 5.87. The molecule has 0 saturated carbocycles. The third-order valence-electron chi connectivity index (χ3n) is 3.22. The van der Waals surface area contributed by atoms with Crippen LogP contribution in [0.3, 0.4) is 0 Å². The number of hydrogen-bond acceptors (Lipinski definition) is 2. The maximum Gasteiger partial charge on any atom is 0.260 e. The van der Waals surface area contributed by atoms with E-state index in [0.717, 1.165) is 17.7 Å². The van der Waals surface area contributed by atoms with Crippen LogP contribution >= 0.6 is 0 Å². The van der Waals surface area contributed by atoms with Crippen LogP contribution in [0.15, 0.2) is 24.3 Å². The molecule has 19 heavy (non-hydrogen) atoms. The van der Waals surface area contributed by atoms with Crippen LogP contribution < -0.4 is 10.1 Å². The Morgan fingerprint density at radius 1 is 1.21 bits per heavy atom. The zero-order chi connectivity index (χ0) is 14.4. The van der Waals surface area contributed by atoms with Gasteiger partial charge in [-0.3, -0.25) is 4.79 Å². The van der Waals surface area contributed by atoms with E-state index in [1.807, 2.05) is 38.1 Å². The Balaban J connectivity index is 2.71. The van der Waals surface area contributed by atoms with Gasteiger partial charge in [-0.25, -0.2) is 0 Å². The van der Waals surface area contributed by atoms with Gasteiger partial charge in [0.25, 0.3) is 5.91 Å². The highest BCUT2D eigenvalue weighted by Gasteiger charge is 2.18. The Hall–Kier alpha value is -1.51. The number of carbonyl (C=O) groups excluding carboxylic acids is 1. The van der Waals surface area contributed by atoms with Crippen molar-refractivity contribution in [2.75, 3.05) is 0 Å². The highest BCUT2D eigenvalue weighted by molar-refractivity contribution is 5.81. The molecule has 0 unspecified atom stereocenters. The average Bonchev–Trinajstić information content (AvgIpc) is 2.38. The number of carbonyl (C=O) groups is 1. The van der Waals surface area contributed by atoms with Crippen LogP contribution in [0.4, 0.5) is 0 Å². The van der Waals surface area contributed by atoms with Crippen LogP contribution in [0.25, 0.3) is 0 Å². The van der Waals surface area contributed by atoms with E-state index in [1.54, 1.807) is 6.92 Å². The summed E-state index contributed by atoms with van der Waals surface area (Å²) in [5.41, 5.74) is 1.13. The summed E-state index contributed by atoms with van der Waals surface area (Å²) in [5, 5.41) is 2.93. The average molecular weight is 263 g/mol. The maximum atomic E-state index is 12.0. The normalized spacial score (nSPS) is 14.0. The molecule has 106 valence electrons. The fourth-order valence-electron chi connectivity index (χ4n) is 1.77. The second-order valence-electron chi connectivity index (χ2n) is 5.27. The number of benzene rings is 1. The molecule has 0 aliphatic rings. The highest BCUT2D eigenvalue weighted by atomic mass is 16.5. The van der Waals surface area contributed by atoms with Gasteiger partial charge in [0.15, 0.2) is 6.10 Å². The summed E-state index contributed by atoms with van der Waals surface area (Å²) in [6.45, 7) is 10.1. The van der Waals surface area contributed by atoms with Crippen molar-refractivity contribution in [2.24, 2.45) is 0 Å². The summed E-state index contributed by atoms with van der Waals surface area (Å²) >= 11 is 0. The van der Waals surface area contributed by atoms with Crippen LogP contribution in [0.2, 0.25) is 0 Å². The lowest BCUT2D eigenvalue weighted by Crippen LogP contribution is -2.41. The van der Waals surface area contributed by atoms with Gasteiger partial charge >= 0.3 is 0 Å². The molecule has 0 heterocycles. The molecule has 0 radical (unpaired) electrons. The number of nitrogens with one attached hydrogen (secondary N) is 1. The fourth-order valence-corrected chi connectivity index (χ4v) is 1.77. The van der Waals surface area contributed by atoms with Gasteiger partial charge in [-0.05, 0) is 37.8 Å². The predicted octanol–water partition coefficient (Wildman–Crippen LogP) is 3.49. The van der Waals surface area contributed by atoms with Crippen molar-refractivity contribution >= 4 is 5.91 Å².